The quantitative estimate of drug-likeness (QED) is 0.768. The Labute approximate surface area is 117 Å². The lowest BCUT2D eigenvalue weighted by Crippen LogP contribution is -2.43. The molecule has 7 heteroatoms. The number of carbonyl (C=O) groups is 1. The highest BCUT2D eigenvalue weighted by Crippen LogP contribution is 2.04. The van der Waals surface area contributed by atoms with Gasteiger partial charge in [-0.15, -0.1) is 0 Å². The van der Waals surface area contributed by atoms with Crippen molar-refractivity contribution in [2.45, 2.75) is 13.0 Å². The van der Waals surface area contributed by atoms with Crippen LogP contribution in [-0.2, 0) is 16.1 Å². The topological polar surface area (TPSA) is 59.4 Å². The second-order valence-corrected chi connectivity index (χ2v) is 4.95. The molecule has 0 spiro atoms. The second-order valence-electron chi connectivity index (χ2n) is 4.51. The van der Waals surface area contributed by atoms with E-state index < -0.39 is 0 Å². The highest BCUT2D eigenvalue weighted by molar-refractivity contribution is 6.30. The van der Waals surface area contributed by atoms with E-state index in [4.69, 9.17) is 16.3 Å². The van der Waals surface area contributed by atoms with Crippen LogP contribution >= 0.6 is 11.6 Å². The van der Waals surface area contributed by atoms with Gasteiger partial charge in [0.05, 0.1) is 31.0 Å². The summed E-state index contributed by atoms with van der Waals surface area (Å²) in [5.41, 5.74) is 0. The Hall–Kier alpha value is -1.11. The molecule has 0 bridgehead atoms. The number of morpholine rings is 1. The first-order valence-electron chi connectivity index (χ1n) is 6.49. The molecule has 0 radical (unpaired) electrons. The summed E-state index contributed by atoms with van der Waals surface area (Å²) in [6.45, 7) is 4.96. The Morgan fingerprint density at radius 3 is 2.95 bits per heavy atom. The van der Waals surface area contributed by atoms with Gasteiger partial charge in [0.15, 0.2) is 0 Å². The molecule has 0 saturated carbocycles. The van der Waals surface area contributed by atoms with Gasteiger partial charge < -0.3 is 10.1 Å². The molecule has 1 amide bonds. The first kappa shape index (κ1) is 14.3. The Kier molecular flexibility index (Phi) is 5.62. The lowest BCUT2D eigenvalue weighted by molar-refractivity contribution is -0.123. The van der Waals surface area contributed by atoms with Gasteiger partial charge in [0, 0.05) is 32.4 Å². The molecule has 1 aromatic heterocycles. The van der Waals surface area contributed by atoms with E-state index in [1.165, 1.54) is 0 Å². The number of aryl methyl sites for hydroxylation is 1. The minimum Gasteiger partial charge on any atom is -0.379 e. The van der Waals surface area contributed by atoms with Crippen molar-refractivity contribution in [3.05, 3.63) is 17.4 Å². The van der Waals surface area contributed by atoms with Crippen molar-refractivity contribution < 1.29 is 9.53 Å². The number of amides is 1. The molecular formula is C12H19ClN4O2. The van der Waals surface area contributed by atoms with Crippen LogP contribution in [0.3, 0.4) is 0 Å². The fraction of sp³-hybridized carbons (Fsp3) is 0.667. The van der Waals surface area contributed by atoms with Gasteiger partial charge in [0.2, 0.25) is 5.91 Å². The van der Waals surface area contributed by atoms with E-state index in [0.717, 1.165) is 26.1 Å². The number of aromatic nitrogens is 2. The van der Waals surface area contributed by atoms with Gasteiger partial charge in [-0.25, -0.2) is 0 Å². The van der Waals surface area contributed by atoms with E-state index in [9.17, 15) is 4.79 Å². The SMILES string of the molecule is O=C(CN1CCOCC1)NCCCn1cc(Cl)cn1. The van der Waals surface area contributed by atoms with Crippen LogP contribution in [0.5, 0.6) is 0 Å². The molecule has 6 nitrogen and oxygen atoms in total. The summed E-state index contributed by atoms with van der Waals surface area (Å²) in [4.78, 5) is 13.8. The highest BCUT2D eigenvalue weighted by Gasteiger charge is 2.13. The number of nitrogens with zero attached hydrogens (tertiary/aromatic N) is 3. The lowest BCUT2D eigenvalue weighted by atomic mass is 10.3. The molecule has 0 unspecified atom stereocenters. The molecule has 0 aliphatic carbocycles. The molecule has 0 aromatic carbocycles. The molecule has 2 heterocycles. The van der Waals surface area contributed by atoms with E-state index >= 15 is 0 Å². The van der Waals surface area contributed by atoms with Gasteiger partial charge in [-0.05, 0) is 6.42 Å². The van der Waals surface area contributed by atoms with Gasteiger partial charge in [-0.1, -0.05) is 11.6 Å². The molecule has 1 saturated heterocycles. The van der Waals surface area contributed by atoms with Crippen LogP contribution < -0.4 is 5.32 Å². The van der Waals surface area contributed by atoms with Gasteiger partial charge >= 0.3 is 0 Å². The van der Waals surface area contributed by atoms with Crippen molar-refractivity contribution in [1.29, 1.82) is 0 Å². The van der Waals surface area contributed by atoms with Crippen LogP contribution in [0.25, 0.3) is 0 Å². The maximum atomic E-state index is 11.7. The molecule has 1 N–H and O–H groups in total. The molecule has 1 aromatic rings. The standard InChI is InChI=1S/C12H19ClN4O2/c13-11-8-15-17(9-11)3-1-2-14-12(18)10-16-4-6-19-7-5-16/h8-9H,1-7,10H2,(H,14,18). The summed E-state index contributed by atoms with van der Waals surface area (Å²) in [7, 11) is 0. The predicted molar refractivity (Wildman–Crippen MR) is 72.1 cm³/mol. The lowest BCUT2D eigenvalue weighted by Gasteiger charge is -2.25. The van der Waals surface area contributed by atoms with Crippen molar-refractivity contribution in [1.82, 2.24) is 20.0 Å². The smallest absolute Gasteiger partial charge is 0.234 e. The van der Waals surface area contributed by atoms with Crippen molar-refractivity contribution >= 4 is 17.5 Å². The van der Waals surface area contributed by atoms with Crippen LogP contribution in [0.2, 0.25) is 5.02 Å². The van der Waals surface area contributed by atoms with Crippen LogP contribution in [0.4, 0.5) is 0 Å². The number of hydrogen-bond donors (Lipinski definition) is 1. The highest BCUT2D eigenvalue weighted by atomic mass is 35.5. The molecule has 19 heavy (non-hydrogen) atoms. The third-order valence-corrected chi connectivity index (χ3v) is 3.15. The maximum absolute atomic E-state index is 11.7. The molecule has 0 atom stereocenters. The average Bonchev–Trinajstić information content (AvgIpc) is 2.82. The van der Waals surface area contributed by atoms with Crippen molar-refractivity contribution in [3.63, 3.8) is 0 Å². The molecule has 1 aliphatic heterocycles. The Bertz CT molecular complexity index is 404. The minimum atomic E-state index is 0.0698. The zero-order chi connectivity index (χ0) is 13.5. The maximum Gasteiger partial charge on any atom is 0.234 e. The number of carbonyl (C=O) groups excluding carboxylic acids is 1. The van der Waals surface area contributed by atoms with Gasteiger partial charge in [0.25, 0.3) is 0 Å². The summed E-state index contributed by atoms with van der Waals surface area (Å²) >= 11 is 5.76. The fourth-order valence-electron chi connectivity index (χ4n) is 1.95. The van der Waals surface area contributed by atoms with E-state index in [0.29, 0.717) is 31.3 Å². The molecular weight excluding hydrogens is 268 g/mol. The number of nitrogens with one attached hydrogen (secondary N) is 1. The van der Waals surface area contributed by atoms with Crippen LogP contribution in [0.15, 0.2) is 12.4 Å². The first-order valence-corrected chi connectivity index (χ1v) is 6.86. The fourth-order valence-corrected chi connectivity index (χ4v) is 2.10. The van der Waals surface area contributed by atoms with Crippen molar-refractivity contribution in [2.24, 2.45) is 0 Å². The first-order chi connectivity index (χ1) is 9.24. The third-order valence-electron chi connectivity index (χ3n) is 2.96. The van der Waals surface area contributed by atoms with Crippen LogP contribution in [0.1, 0.15) is 6.42 Å². The number of rotatable bonds is 6. The number of hydrogen-bond acceptors (Lipinski definition) is 4. The molecule has 2 rings (SSSR count). The molecule has 1 aliphatic rings. The third kappa shape index (κ3) is 5.18. The molecule has 106 valence electrons. The number of ether oxygens (including phenoxy) is 1. The van der Waals surface area contributed by atoms with E-state index in [1.807, 2.05) is 0 Å². The van der Waals surface area contributed by atoms with Gasteiger partial charge in [-0.2, -0.15) is 5.10 Å². The average molecular weight is 287 g/mol. The van der Waals surface area contributed by atoms with Crippen molar-refractivity contribution in [3.8, 4) is 0 Å². The zero-order valence-corrected chi connectivity index (χ0v) is 11.6. The molecule has 1 fully saturated rings. The van der Waals surface area contributed by atoms with Gasteiger partial charge in [0.1, 0.15) is 0 Å². The van der Waals surface area contributed by atoms with Gasteiger partial charge in [-0.3, -0.25) is 14.4 Å². The van der Waals surface area contributed by atoms with Crippen LogP contribution in [0, 0.1) is 0 Å². The number of halogens is 1. The minimum absolute atomic E-state index is 0.0698. The monoisotopic (exact) mass is 286 g/mol. The summed E-state index contributed by atoms with van der Waals surface area (Å²) in [6, 6.07) is 0. The largest absolute Gasteiger partial charge is 0.379 e. The zero-order valence-electron chi connectivity index (χ0n) is 10.8. The van der Waals surface area contributed by atoms with Crippen molar-refractivity contribution in [2.75, 3.05) is 39.4 Å². The van der Waals surface area contributed by atoms with E-state index in [1.54, 1.807) is 17.1 Å². The Morgan fingerprint density at radius 2 is 2.26 bits per heavy atom. The Balaban J connectivity index is 1.56. The predicted octanol–water partition coefficient (Wildman–Crippen LogP) is 0.375. The van der Waals surface area contributed by atoms with Crippen LogP contribution in [-0.4, -0.2) is 60.0 Å². The van der Waals surface area contributed by atoms with E-state index in [-0.39, 0.29) is 5.91 Å². The summed E-state index contributed by atoms with van der Waals surface area (Å²) in [5.74, 6) is 0.0698. The van der Waals surface area contributed by atoms with E-state index in [2.05, 4.69) is 15.3 Å². The normalized spacial score (nSPS) is 16.5. The summed E-state index contributed by atoms with van der Waals surface area (Å²) < 4.78 is 7.01. The second kappa shape index (κ2) is 7.47. The summed E-state index contributed by atoms with van der Waals surface area (Å²) in [6.07, 6.45) is 4.22. The summed E-state index contributed by atoms with van der Waals surface area (Å²) in [5, 5.41) is 7.62. The Morgan fingerprint density at radius 1 is 1.47 bits per heavy atom.